The van der Waals surface area contributed by atoms with Crippen LogP contribution >= 0.6 is 0 Å². The molecular weight excluding hydrogens is 401 g/mol. The lowest BCUT2D eigenvalue weighted by Crippen LogP contribution is -2.50. The summed E-state index contributed by atoms with van der Waals surface area (Å²) in [7, 11) is 0. The highest BCUT2D eigenvalue weighted by Gasteiger charge is 2.30. The molecule has 2 aromatic carbocycles. The quantitative estimate of drug-likeness (QED) is 0.459. The number of carbonyl (C=O) groups is 2. The number of hydrogen-bond acceptors (Lipinski definition) is 4. The number of nitro benzene ring substituents is 1. The molecule has 1 N–H and O–H groups in total. The standard InChI is InChI=1S/C23H28FN3O4/c1-4-20(23(29)25-14-16(2)3)26(15-17-9-11-19(24)12-10-17)22(28)13-18-7-5-6-8-21(18)27(30)31/h5-12,16,20H,4,13-15H2,1-3H3,(H,25,29)/t20-/m0/s1. The molecule has 0 spiro atoms. The van der Waals surface area contributed by atoms with Crippen molar-refractivity contribution in [1.29, 1.82) is 0 Å². The van der Waals surface area contributed by atoms with Gasteiger partial charge in [0.1, 0.15) is 11.9 Å². The van der Waals surface area contributed by atoms with E-state index in [-0.39, 0.29) is 36.0 Å². The zero-order chi connectivity index (χ0) is 23.0. The minimum absolute atomic E-state index is 0.0906. The van der Waals surface area contributed by atoms with Gasteiger partial charge in [-0.05, 0) is 30.0 Å². The lowest BCUT2D eigenvalue weighted by molar-refractivity contribution is -0.385. The maximum atomic E-state index is 13.3. The molecule has 0 bridgehead atoms. The van der Waals surface area contributed by atoms with Crippen molar-refractivity contribution >= 4 is 17.5 Å². The normalized spacial score (nSPS) is 11.8. The molecule has 2 aromatic rings. The highest BCUT2D eigenvalue weighted by molar-refractivity contribution is 5.88. The van der Waals surface area contributed by atoms with E-state index in [1.807, 2.05) is 13.8 Å². The van der Waals surface area contributed by atoms with Gasteiger partial charge >= 0.3 is 0 Å². The Kier molecular flexibility index (Phi) is 8.66. The minimum Gasteiger partial charge on any atom is -0.354 e. The van der Waals surface area contributed by atoms with Crippen LogP contribution in [0.25, 0.3) is 0 Å². The Bertz CT molecular complexity index is 915. The van der Waals surface area contributed by atoms with Crippen molar-refractivity contribution in [2.45, 2.75) is 46.2 Å². The predicted octanol–water partition coefficient (Wildman–Crippen LogP) is 3.86. The Balaban J connectivity index is 2.33. The Morgan fingerprint density at radius 2 is 1.77 bits per heavy atom. The summed E-state index contributed by atoms with van der Waals surface area (Å²) >= 11 is 0. The maximum absolute atomic E-state index is 13.3. The van der Waals surface area contributed by atoms with E-state index in [0.717, 1.165) is 0 Å². The summed E-state index contributed by atoms with van der Waals surface area (Å²) < 4.78 is 13.3. The lowest BCUT2D eigenvalue weighted by atomic mass is 10.1. The lowest BCUT2D eigenvalue weighted by Gasteiger charge is -2.31. The van der Waals surface area contributed by atoms with E-state index in [1.165, 1.54) is 35.2 Å². The van der Waals surface area contributed by atoms with Gasteiger partial charge in [0.2, 0.25) is 11.8 Å². The molecule has 1 atom stereocenters. The number of benzene rings is 2. The predicted molar refractivity (Wildman–Crippen MR) is 116 cm³/mol. The molecule has 8 heteroatoms. The molecule has 0 saturated heterocycles. The number of nitrogens with one attached hydrogen (secondary N) is 1. The molecule has 2 rings (SSSR count). The Morgan fingerprint density at radius 1 is 1.13 bits per heavy atom. The topological polar surface area (TPSA) is 92.6 Å². The van der Waals surface area contributed by atoms with Gasteiger partial charge in [0, 0.05) is 24.7 Å². The zero-order valence-corrected chi connectivity index (χ0v) is 18.0. The van der Waals surface area contributed by atoms with Crippen LogP contribution in [-0.2, 0) is 22.6 Å². The van der Waals surface area contributed by atoms with Crippen molar-refractivity contribution in [1.82, 2.24) is 10.2 Å². The van der Waals surface area contributed by atoms with Crippen molar-refractivity contribution in [2.24, 2.45) is 5.92 Å². The first kappa shape index (κ1) is 24.0. The van der Waals surface area contributed by atoms with Crippen molar-refractivity contribution in [3.05, 3.63) is 75.6 Å². The molecule has 31 heavy (non-hydrogen) atoms. The molecule has 7 nitrogen and oxygen atoms in total. The maximum Gasteiger partial charge on any atom is 0.273 e. The van der Waals surface area contributed by atoms with Gasteiger partial charge in [-0.1, -0.05) is 51.1 Å². The van der Waals surface area contributed by atoms with Gasteiger partial charge in [0.15, 0.2) is 0 Å². The smallest absolute Gasteiger partial charge is 0.273 e. The summed E-state index contributed by atoms with van der Waals surface area (Å²) in [6.07, 6.45) is 0.153. The van der Waals surface area contributed by atoms with Crippen LogP contribution in [0.4, 0.5) is 10.1 Å². The summed E-state index contributed by atoms with van der Waals surface area (Å²) in [6, 6.07) is 11.0. The largest absolute Gasteiger partial charge is 0.354 e. The van der Waals surface area contributed by atoms with E-state index in [1.54, 1.807) is 25.1 Å². The van der Waals surface area contributed by atoms with Crippen molar-refractivity contribution < 1.29 is 18.9 Å². The molecule has 0 aliphatic rings. The molecule has 0 unspecified atom stereocenters. The minimum atomic E-state index is -0.751. The third kappa shape index (κ3) is 6.87. The van der Waals surface area contributed by atoms with Gasteiger partial charge in [0.25, 0.3) is 5.69 Å². The highest BCUT2D eigenvalue weighted by Crippen LogP contribution is 2.21. The van der Waals surface area contributed by atoms with E-state index < -0.39 is 22.7 Å². The number of nitrogens with zero attached hydrogens (tertiary/aromatic N) is 2. The number of rotatable bonds is 10. The van der Waals surface area contributed by atoms with Crippen LogP contribution in [0.3, 0.4) is 0 Å². The van der Waals surface area contributed by atoms with E-state index in [4.69, 9.17) is 0 Å². The van der Waals surface area contributed by atoms with Crippen molar-refractivity contribution in [3.8, 4) is 0 Å². The number of nitro groups is 1. The Morgan fingerprint density at radius 3 is 2.35 bits per heavy atom. The first-order valence-electron chi connectivity index (χ1n) is 10.3. The monoisotopic (exact) mass is 429 g/mol. The number of hydrogen-bond donors (Lipinski definition) is 1. The first-order chi connectivity index (χ1) is 14.7. The fourth-order valence-corrected chi connectivity index (χ4v) is 3.23. The van der Waals surface area contributed by atoms with Crippen LogP contribution in [0.1, 0.15) is 38.3 Å². The van der Waals surface area contributed by atoms with Gasteiger partial charge in [0.05, 0.1) is 11.3 Å². The Labute approximate surface area is 181 Å². The van der Waals surface area contributed by atoms with E-state index in [2.05, 4.69) is 5.32 Å². The number of amides is 2. The van der Waals surface area contributed by atoms with Gasteiger partial charge in [-0.15, -0.1) is 0 Å². The van der Waals surface area contributed by atoms with Crippen molar-refractivity contribution in [2.75, 3.05) is 6.54 Å². The van der Waals surface area contributed by atoms with Crippen molar-refractivity contribution in [3.63, 3.8) is 0 Å². The fourth-order valence-electron chi connectivity index (χ4n) is 3.23. The molecule has 2 amide bonds. The summed E-state index contributed by atoms with van der Waals surface area (Å²) in [6.45, 7) is 6.30. The van der Waals surface area contributed by atoms with Gasteiger partial charge in [-0.3, -0.25) is 19.7 Å². The molecule has 0 saturated carbocycles. The molecule has 0 aromatic heterocycles. The third-order valence-corrected chi connectivity index (χ3v) is 4.87. The van der Waals surface area contributed by atoms with Crippen LogP contribution in [0.15, 0.2) is 48.5 Å². The SMILES string of the molecule is CC[C@@H](C(=O)NCC(C)C)N(Cc1ccc(F)cc1)C(=O)Cc1ccccc1[N+](=O)[O-]. The van der Waals surface area contributed by atoms with E-state index >= 15 is 0 Å². The second-order valence-electron chi connectivity index (χ2n) is 7.77. The summed E-state index contributed by atoms with van der Waals surface area (Å²) in [5, 5.41) is 14.2. The summed E-state index contributed by atoms with van der Waals surface area (Å²) in [5.41, 5.74) is 0.793. The number of para-hydroxylation sites is 1. The number of halogens is 1. The summed E-state index contributed by atoms with van der Waals surface area (Å²) in [4.78, 5) is 38.3. The average Bonchev–Trinajstić information content (AvgIpc) is 2.73. The second kappa shape index (κ2) is 11.2. The van der Waals surface area contributed by atoms with Crippen LogP contribution < -0.4 is 5.32 Å². The third-order valence-electron chi connectivity index (χ3n) is 4.87. The number of carbonyl (C=O) groups excluding carboxylic acids is 2. The van der Waals surface area contributed by atoms with Crippen LogP contribution in [-0.4, -0.2) is 34.2 Å². The molecule has 166 valence electrons. The second-order valence-corrected chi connectivity index (χ2v) is 7.77. The zero-order valence-electron chi connectivity index (χ0n) is 18.0. The fraction of sp³-hybridized carbons (Fsp3) is 0.391. The van der Waals surface area contributed by atoms with E-state index in [9.17, 15) is 24.1 Å². The van der Waals surface area contributed by atoms with Crippen LogP contribution in [0.5, 0.6) is 0 Å². The van der Waals surface area contributed by atoms with E-state index in [0.29, 0.717) is 18.5 Å². The molecular formula is C23H28FN3O4. The molecule has 0 radical (unpaired) electrons. The Hall–Kier alpha value is -3.29. The van der Waals surface area contributed by atoms with Gasteiger partial charge in [-0.2, -0.15) is 0 Å². The molecule has 0 aliphatic heterocycles. The molecule has 0 fully saturated rings. The first-order valence-corrected chi connectivity index (χ1v) is 10.3. The van der Waals surface area contributed by atoms with Gasteiger partial charge < -0.3 is 10.2 Å². The van der Waals surface area contributed by atoms with Crippen LogP contribution in [0.2, 0.25) is 0 Å². The summed E-state index contributed by atoms with van der Waals surface area (Å²) in [5.74, 6) is -0.850. The average molecular weight is 429 g/mol. The van der Waals surface area contributed by atoms with Gasteiger partial charge in [-0.25, -0.2) is 4.39 Å². The van der Waals surface area contributed by atoms with Crippen LogP contribution in [0, 0.1) is 21.8 Å². The highest BCUT2D eigenvalue weighted by atomic mass is 19.1. The molecule has 0 heterocycles. The molecule has 0 aliphatic carbocycles.